The monoisotopic (exact) mass is 208 g/mol. The molecule has 0 rings (SSSR count). The molecule has 0 aromatic carbocycles. The largest absolute Gasteiger partial charge is 0.478 e. The average Bonchev–Trinajstić information content (AvgIpc) is 2.02. The van der Waals surface area contributed by atoms with E-state index < -0.39 is 11.9 Å². The van der Waals surface area contributed by atoms with E-state index in [1.165, 1.54) is 13.8 Å². The average molecular weight is 209 g/mol. The molecule has 0 heterocycles. The summed E-state index contributed by atoms with van der Waals surface area (Å²) in [6.07, 6.45) is 0. The van der Waals surface area contributed by atoms with Crippen LogP contribution in [0.2, 0.25) is 0 Å². The predicted octanol–water partition coefficient (Wildman–Crippen LogP) is 1.39. The number of aliphatic carboxylic acids is 1. The summed E-state index contributed by atoms with van der Waals surface area (Å²) < 4.78 is 4.61. The van der Waals surface area contributed by atoms with Gasteiger partial charge in [0.1, 0.15) is 0 Å². The number of ether oxygens (including phenoxy) is 1. The van der Waals surface area contributed by atoms with Crippen LogP contribution in [-0.2, 0) is 14.3 Å². The zero-order chi connectivity index (χ0) is 9.72. The fourth-order valence-electron chi connectivity index (χ4n) is 0.553. The Kier molecular flexibility index (Phi) is 7.23. The Morgan fingerprint density at radius 3 is 2.00 bits per heavy atom. The summed E-state index contributed by atoms with van der Waals surface area (Å²) in [5, 5.41) is 8.50. The summed E-state index contributed by atoms with van der Waals surface area (Å²) in [6, 6.07) is 0. The number of halogens is 1. The van der Waals surface area contributed by atoms with Crippen molar-refractivity contribution in [1.82, 2.24) is 0 Å². The Morgan fingerprint density at radius 2 is 1.69 bits per heavy atom. The third-order valence-corrected chi connectivity index (χ3v) is 1.46. The molecule has 0 spiro atoms. The Balaban J connectivity index is 0. The van der Waals surface area contributed by atoms with E-state index in [0.717, 1.165) is 0 Å². The maximum absolute atomic E-state index is 10.9. The lowest BCUT2D eigenvalue weighted by molar-refractivity contribution is -0.139. The molecule has 0 aromatic rings. The van der Waals surface area contributed by atoms with E-state index in [4.69, 9.17) is 5.11 Å². The standard InChI is InChI=1S/C8H12O4.ClH/c1-4-12-8(11)6(3)5(2)7(9)10;/h4H2,1-3H3,(H,9,10);1H. The normalized spacial score (nSPS) is 11.0. The van der Waals surface area contributed by atoms with Gasteiger partial charge in [-0.25, -0.2) is 9.59 Å². The van der Waals surface area contributed by atoms with Crippen LogP contribution in [0.1, 0.15) is 20.8 Å². The number of carboxylic acids is 1. The first-order valence-electron chi connectivity index (χ1n) is 3.58. The molecule has 0 amide bonds. The SMILES string of the molecule is CCOC(=O)C(C)=C(C)C(=O)O.Cl. The highest BCUT2D eigenvalue weighted by molar-refractivity contribution is 5.98. The van der Waals surface area contributed by atoms with Crippen molar-refractivity contribution in [2.45, 2.75) is 20.8 Å². The minimum absolute atomic E-state index is 0. The quantitative estimate of drug-likeness (QED) is 0.563. The number of carboxylic acid groups (broad SMARTS) is 1. The summed E-state index contributed by atoms with van der Waals surface area (Å²) in [7, 11) is 0. The number of hydrogen-bond donors (Lipinski definition) is 1. The maximum Gasteiger partial charge on any atom is 0.334 e. The van der Waals surface area contributed by atoms with E-state index in [1.54, 1.807) is 6.92 Å². The van der Waals surface area contributed by atoms with Gasteiger partial charge in [-0.05, 0) is 20.8 Å². The highest BCUT2D eigenvalue weighted by Crippen LogP contribution is 2.05. The van der Waals surface area contributed by atoms with Gasteiger partial charge < -0.3 is 9.84 Å². The molecule has 5 heteroatoms. The van der Waals surface area contributed by atoms with Crippen molar-refractivity contribution < 1.29 is 19.4 Å². The summed E-state index contributed by atoms with van der Waals surface area (Å²) in [5.41, 5.74) is 0.165. The molecule has 0 aliphatic carbocycles. The lowest BCUT2D eigenvalue weighted by Gasteiger charge is -2.02. The Hall–Kier alpha value is -1.03. The molecule has 0 saturated heterocycles. The first-order valence-corrected chi connectivity index (χ1v) is 3.58. The molecule has 4 nitrogen and oxygen atoms in total. The third-order valence-electron chi connectivity index (χ3n) is 1.46. The van der Waals surface area contributed by atoms with Gasteiger partial charge in [0.15, 0.2) is 0 Å². The maximum atomic E-state index is 10.9. The van der Waals surface area contributed by atoms with E-state index in [0.29, 0.717) is 0 Å². The number of rotatable bonds is 3. The smallest absolute Gasteiger partial charge is 0.334 e. The molecule has 0 atom stereocenters. The van der Waals surface area contributed by atoms with Crippen molar-refractivity contribution in [1.29, 1.82) is 0 Å². The van der Waals surface area contributed by atoms with E-state index in [-0.39, 0.29) is 30.2 Å². The van der Waals surface area contributed by atoms with Crippen LogP contribution >= 0.6 is 12.4 Å². The molecular weight excluding hydrogens is 196 g/mol. The molecule has 0 unspecified atom stereocenters. The van der Waals surface area contributed by atoms with Crippen LogP contribution in [-0.4, -0.2) is 23.7 Å². The van der Waals surface area contributed by atoms with Crippen molar-refractivity contribution in [2.75, 3.05) is 6.61 Å². The van der Waals surface area contributed by atoms with E-state index in [9.17, 15) is 9.59 Å². The second-order valence-corrected chi connectivity index (χ2v) is 2.28. The van der Waals surface area contributed by atoms with Gasteiger partial charge in [0, 0.05) is 11.1 Å². The third kappa shape index (κ3) is 4.52. The van der Waals surface area contributed by atoms with Gasteiger partial charge in [-0.2, -0.15) is 0 Å². The lowest BCUT2D eigenvalue weighted by Crippen LogP contribution is -2.10. The van der Waals surface area contributed by atoms with E-state index in [1.807, 2.05) is 0 Å². The van der Waals surface area contributed by atoms with Crippen LogP contribution in [0.3, 0.4) is 0 Å². The van der Waals surface area contributed by atoms with Crippen LogP contribution in [0, 0.1) is 0 Å². The molecule has 0 fully saturated rings. The summed E-state index contributed by atoms with van der Waals surface area (Å²) in [4.78, 5) is 21.3. The molecular formula is C8H13ClO4. The van der Waals surface area contributed by atoms with Crippen LogP contribution in [0.4, 0.5) is 0 Å². The van der Waals surface area contributed by atoms with E-state index >= 15 is 0 Å². The van der Waals surface area contributed by atoms with E-state index in [2.05, 4.69) is 4.74 Å². The fourth-order valence-corrected chi connectivity index (χ4v) is 0.553. The van der Waals surface area contributed by atoms with Crippen LogP contribution in [0.5, 0.6) is 0 Å². The minimum Gasteiger partial charge on any atom is -0.478 e. The summed E-state index contributed by atoms with van der Waals surface area (Å²) >= 11 is 0. The number of carbonyl (C=O) groups excluding carboxylic acids is 1. The van der Waals surface area contributed by atoms with Crippen LogP contribution in [0.25, 0.3) is 0 Å². The number of esters is 1. The van der Waals surface area contributed by atoms with Crippen molar-refractivity contribution >= 4 is 24.3 Å². The van der Waals surface area contributed by atoms with Gasteiger partial charge in [0.25, 0.3) is 0 Å². The predicted molar refractivity (Wildman–Crippen MR) is 49.9 cm³/mol. The number of hydrogen-bond acceptors (Lipinski definition) is 3. The summed E-state index contributed by atoms with van der Waals surface area (Å²) in [6.45, 7) is 4.72. The second kappa shape index (κ2) is 6.48. The minimum atomic E-state index is -1.10. The molecule has 0 aromatic heterocycles. The van der Waals surface area contributed by atoms with Crippen molar-refractivity contribution in [3.05, 3.63) is 11.1 Å². The van der Waals surface area contributed by atoms with Crippen molar-refractivity contribution in [3.8, 4) is 0 Å². The summed E-state index contributed by atoms with van der Waals surface area (Å²) in [5.74, 6) is -1.67. The van der Waals surface area contributed by atoms with Gasteiger partial charge in [-0.15, -0.1) is 12.4 Å². The molecule has 1 N–H and O–H groups in total. The first-order chi connectivity index (χ1) is 5.50. The van der Waals surface area contributed by atoms with Gasteiger partial charge in [-0.3, -0.25) is 0 Å². The molecule has 0 radical (unpaired) electrons. The van der Waals surface area contributed by atoms with Gasteiger partial charge in [-0.1, -0.05) is 0 Å². The highest BCUT2D eigenvalue weighted by Gasteiger charge is 2.12. The van der Waals surface area contributed by atoms with Gasteiger partial charge in [0.2, 0.25) is 0 Å². The lowest BCUT2D eigenvalue weighted by atomic mass is 10.1. The van der Waals surface area contributed by atoms with Crippen molar-refractivity contribution in [3.63, 3.8) is 0 Å². The highest BCUT2D eigenvalue weighted by atomic mass is 35.5. The van der Waals surface area contributed by atoms with Crippen LogP contribution in [0.15, 0.2) is 11.1 Å². The van der Waals surface area contributed by atoms with Crippen molar-refractivity contribution in [2.24, 2.45) is 0 Å². The Bertz CT molecular complexity index is 232. The molecule has 0 bridgehead atoms. The van der Waals surface area contributed by atoms with Gasteiger partial charge in [0.05, 0.1) is 6.61 Å². The van der Waals surface area contributed by atoms with Gasteiger partial charge >= 0.3 is 11.9 Å². The molecule has 13 heavy (non-hydrogen) atoms. The molecule has 0 aliphatic rings. The molecule has 0 aliphatic heterocycles. The topological polar surface area (TPSA) is 63.6 Å². The Labute approximate surface area is 83.0 Å². The zero-order valence-electron chi connectivity index (χ0n) is 7.79. The first kappa shape index (κ1) is 14.5. The second-order valence-electron chi connectivity index (χ2n) is 2.28. The molecule has 0 saturated carbocycles. The number of carbonyl (C=O) groups is 2. The Morgan fingerprint density at radius 1 is 1.23 bits per heavy atom. The van der Waals surface area contributed by atoms with Crippen LogP contribution < -0.4 is 0 Å². The zero-order valence-corrected chi connectivity index (χ0v) is 8.60. The molecule has 76 valence electrons. The fraction of sp³-hybridized carbons (Fsp3) is 0.500.